The van der Waals surface area contributed by atoms with Crippen molar-refractivity contribution in [1.82, 2.24) is 0 Å². The minimum Gasteiger partial charge on any atom is -0.476 e. The molecule has 0 saturated carbocycles. The summed E-state index contributed by atoms with van der Waals surface area (Å²) in [6.45, 7) is 0. The van der Waals surface area contributed by atoms with Crippen LogP contribution in [0.15, 0.2) is 24.0 Å². The first-order valence-electron chi connectivity index (χ1n) is 3.96. The van der Waals surface area contributed by atoms with Gasteiger partial charge in [0.1, 0.15) is 5.82 Å². The van der Waals surface area contributed by atoms with Crippen LogP contribution in [0.1, 0.15) is 5.56 Å². The van der Waals surface area contributed by atoms with Crippen molar-refractivity contribution in [3.63, 3.8) is 0 Å². The zero-order valence-electron chi connectivity index (χ0n) is 7.68. The standard InChI is InChI=1S/C9H5F2NO4/c10-7-2-1-6(12(15)16)3-5(7)4-8(11)9(13)14/h1-4H,(H,13,14)/b8-4-. The Morgan fingerprint density at radius 3 is 2.62 bits per heavy atom. The molecule has 0 spiro atoms. The largest absolute Gasteiger partial charge is 0.476 e. The number of halogens is 2. The van der Waals surface area contributed by atoms with Crippen LogP contribution in [-0.4, -0.2) is 16.0 Å². The molecule has 1 rings (SSSR count). The predicted octanol–water partition coefficient (Wildman–Crippen LogP) is 2.13. The van der Waals surface area contributed by atoms with Crippen LogP contribution in [-0.2, 0) is 4.79 Å². The fourth-order valence-corrected chi connectivity index (χ4v) is 0.954. The van der Waals surface area contributed by atoms with E-state index in [4.69, 9.17) is 5.11 Å². The van der Waals surface area contributed by atoms with Crippen molar-refractivity contribution in [2.45, 2.75) is 0 Å². The van der Waals surface area contributed by atoms with E-state index >= 15 is 0 Å². The Hall–Kier alpha value is -2.31. The molecule has 84 valence electrons. The van der Waals surface area contributed by atoms with Gasteiger partial charge >= 0.3 is 5.97 Å². The first-order valence-corrected chi connectivity index (χ1v) is 3.96. The fourth-order valence-electron chi connectivity index (χ4n) is 0.954. The highest BCUT2D eigenvalue weighted by Gasteiger charge is 2.12. The van der Waals surface area contributed by atoms with Gasteiger partial charge in [-0.15, -0.1) is 0 Å². The second-order valence-electron chi connectivity index (χ2n) is 2.76. The van der Waals surface area contributed by atoms with E-state index in [-0.39, 0.29) is 0 Å². The van der Waals surface area contributed by atoms with E-state index in [0.717, 1.165) is 18.2 Å². The summed E-state index contributed by atoms with van der Waals surface area (Å²) in [5.74, 6) is -4.41. The lowest BCUT2D eigenvalue weighted by molar-refractivity contribution is -0.384. The third-order valence-electron chi connectivity index (χ3n) is 1.68. The van der Waals surface area contributed by atoms with Gasteiger partial charge in [-0.3, -0.25) is 10.1 Å². The molecule has 0 heterocycles. The van der Waals surface area contributed by atoms with Gasteiger partial charge in [0.15, 0.2) is 0 Å². The van der Waals surface area contributed by atoms with E-state index < -0.39 is 33.8 Å². The maximum atomic E-state index is 13.0. The molecular formula is C9H5F2NO4. The van der Waals surface area contributed by atoms with Crippen LogP contribution in [0.25, 0.3) is 6.08 Å². The average molecular weight is 229 g/mol. The van der Waals surface area contributed by atoms with Crippen LogP contribution in [0.3, 0.4) is 0 Å². The van der Waals surface area contributed by atoms with E-state index in [2.05, 4.69) is 0 Å². The predicted molar refractivity (Wildman–Crippen MR) is 49.8 cm³/mol. The summed E-state index contributed by atoms with van der Waals surface area (Å²) in [6.07, 6.45) is 0.380. The quantitative estimate of drug-likeness (QED) is 0.489. The van der Waals surface area contributed by atoms with Crippen molar-refractivity contribution < 1.29 is 23.6 Å². The van der Waals surface area contributed by atoms with E-state index in [1.807, 2.05) is 0 Å². The van der Waals surface area contributed by atoms with Gasteiger partial charge < -0.3 is 5.11 Å². The van der Waals surface area contributed by atoms with Crippen LogP contribution in [0.5, 0.6) is 0 Å². The van der Waals surface area contributed by atoms with Crippen molar-refractivity contribution in [2.24, 2.45) is 0 Å². The number of benzene rings is 1. The Balaban J connectivity index is 3.23. The summed E-state index contributed by atoms with van der Waals surface area (Å²) < 4.78 is 25.7. The lowest BCUT2D eigenvalue weighted by Gasteiger charge is -1.97. The number of carboxylic acids is 1. The van der Waals surface area contributed by atoms with Gasteiger partial charge in [0, 0.05) is 17.7 Å². The molecule has 0 aliphatic carbocycles. The van der Waals surface area contributed by atoms with Gasteiger partial charge in [-0.2, -0.15) is 4.39 Å². The lowest BCUT2D eigenvalue weighted by atomic mass is 10.1. The molecule has 0 aromatic heterocycles. The van der Waals surface area contributed by atoms with Crippen molar-refractivity contribution in [3.05, 3.63) is 45.5 Å². The summed E-state index contributed by atoms with van der Waals surface area (Å²) in [4.78, 5) is 19.7. The first-order chi connectivity index (χ1) is 7.41. The second-order valence-corrected chi connectivity index (χ2v) is 2.76. The van der Waals surface area contributed by atoms with Gasteiger partial charge in [0.25, 0.3) is 5.69 Å². The molecule has 1 aromatic rings. The Bertz CT molecular complexity index is 484. The molecule has 0 bridgehead atoms. The third kappa shape index (κ3) is 2.59. The number of aliphatic carboxylic acids is 1. The maximum Gasteiger partial charge on any atom is 0.364 e. The van der Waals surface area contributed by atoms with E-state index in [1.54, 1.807) is 0 Å². The third-order valence-corrected chi connectivity index (χ3v) is 1.68. The number of rotatable bonds is 3. The molecule has 5 nitrogen and oxygen atoms in total. The SMILES string of the molecule is O=C(O)/C(F)=C/c1cc([N+](=O)[O-])ccc1F. The van der Waals surface area contributed by atoms with Crippen molar-refractivity contribution >= 4 is 17.7 Å². The normalized spacial score (nSPS) is 11.2. The van der Waals surface area contributed by atoms with E-state index in [9.17, 15) is 23.7 Å². The highest BCUT2D eigenvalue weighted by atomic mass is 19.1. The maximum absolute atomic E-state index is 13.0. The van der Waals surface area contributed by atoms with Gasteiger partial charge in [-0.25, -0.2) is 9.18 Å². The van der Waals surface area contributed by atoms with Gasteiger partial charge in [0.05, 0.1) is 4.92 Å². The number of nitro groups is 1. The molecule has 0 amide bonds. The van der Waals surface area contributed by atoms with Crippen LogP contribution in [0, 0.1) is 15.9 Å². The molecule has 1 N–H and O–H groups in total. The van der Waals surface area contributed by atoms with Gasteiger partial charge in [-0.05, 0) is 12.1 Å². The summed E-state index contributed by atoms with van der Waals surface area (Å²) in [7, 11) is 0. The van der Waals surface area contributed by atoms with Crippen molar-refractivity contribution in [3.8, 4) is 0 Å². The minimum atomic E-state index is -1.87. The minimum absolute atomic E-state index is 0.380. The van der Waals surface area contributed by atoms with E-state index in [1.165, 1.54) is 0 Å². The molecule has 0 fully saturated rings. The number of non-ortho nitro benzene ring substituents is 1. The highest BCUT2D eigenvalue weighted by molar-refractivity contribution is 5.89. The Kier molecular flexibility index (Phi) is 3.29. The summed E-state index contributed by atoms with van der Waals surface area (Å²) in [5, 5.41) is 18.5. The lowest BCUT2D eigenvalue weighted by Crippen LogP contribution is -1.96. The number of hydrogen-bond donors (Lipinski definition) is 1. The monoisotopic (exact) mass is 229 g/mol. The van der Waals surface area contributed by atoms with Crippen LogP contribution in [0.2, 0.25) is 0 Å². The molecule has 0 unspecified atom stereocenters. The molecule has 0 aliphatic heterocycles. The first kappa shape index (κ1) is 11.8. The summed E-state index contributed by atoms with van der Waals surface area (Å²) in [5.41, 5.74) is -0.945. The molecule has 1 aromatic carbocycles. The summed E-state index contributed by atoms with van der Waals surface area (Å²) >= 11 is 0. The van der Waals surface area contributed by atoms with Crippen molar-refractivity contribution in [2.75, 3.05) is 0 Å². The Morgan fingerprint density at radius 1 is 1.50 bits per heavy atom. The van der Waals surface area contributed by atoms with Crippen LogP contribution >= 0.6 is 0 Å². The molecule has 7 heteroatoms. The molecule has 0 saturated heterocycles. The smallest absolute Gasteiger partial charge is 0.364 e. The summed E-state index contributed by atoms with van der Waals surface area (Å²) in [6, 6.07) is 2.41. The highest BCUT2D eigenvalue weighted by Crippen LogP contribution is 2.19. The number of carboxylic acid groups (broad SMARTS) is 1. The van der Waals surface area contributed by atoms with Crippen molar-refractivity contribution in [1.29, 1.82) is 0 Å². The zero-order valence-corrected chi connectivity index (χ0v) is 7.68. The van der Waals surface area contributed by atoms with E-state index in [0.29, 0.717) is 6.08 Å². The fraction of sp³-hybridized carbons (Fsp3) is 0. The number of hydrogen-bond acceptors (Lipinski definition) is 3. The zero-order chi connectivity index (χ0) is 12.3. The molecular weight excluding hydrogens is 224 g/mol. The number of nitrogens with zero attached hydrogens (tertiary/aromatic N) is 1. The molecule has 0 radical (unpaired) electrons. The molecule has 0 aliphatic rings. The molecule has 16 heavy (non-hydrogen) atoms. The second kappa shape index (κ2) is 4.47. The Morgan fingerprint density at radius 2 is 2.12 bits per heavy atom. The average Bonchev–Trinajstić information content (AvgIpc) is 2.20. The van der Waals surface area contributed by atoms with Crippen LogP contribution in [0.4, 0.5) is 14.5 Å². The van der Waals surface area contributed by atoms with Crippen LogP contribution < -0.4 is 0 Å². The Labute approximate surface area is 87.8 Å². The number of nitro benzene ring substituents is 1. The molecule has 0 atom stereocenters. The topological polar surface area (TPSA) is 80.4 Å². The van der Waals surface area contributed by atoms with Gasteiger partial charge in [-0.1, -0.05) is 0 Å². The van der Waals surface area contributed by atoms with Gasteiger partial charge in [0.2, 0.25) is 5.83 Å². The number of carbonyl (C=O) groups is 1.